The molecule has 0 atom stereocenters. The molecule has 1 amide bonds. The van der Waals surface area contributed by atoms with Gasteiger partial charge < -0.3 is 5.32 Å². The quantitative estimate of drug-likeness (QED) is 0.542. The van der Waals surface area contributed by atoms with Crippen LogP contribution in [-0.4, -0.2) is 43.9 Å². The molecule has 0 unspecified atom stereocenters. The van der Waals surface area contributed by atoms with Crippen LogP contribution in [0, 0.1) is 0 Å². The van der Waals surface area contributed by atoms with Crippen LogP contribution in [0.1, 0.15) is 16.9 Å². The minimum Gasteiger partial charge on any atom is -0.351 e. The maximum Gasteiger partial charge on any atom is 0.271 e. The first-order valence-corrected chi connectivity index (χ1v) is 7.06. The molecule has 18 heavy (non-hydrogen) atoms. The van der Waals surface area contributed by atoms with E-state index in [1.165, 1.54) is 12.1 Å². The second-order valence-electron chi connectivity index (χ2n) is 3.58. The van der Waals surface area contributed by atoms with Gasteiger partial charge >= 0.3 is 0 Å². The Morgan fingerprint density at radius 2 is 2.11 bits per heavy atom. The number of aromatic nitrogens is 2. The van der Waals surface area contributed by atoms with Crippen LogP contribution < -0.4 is 15.6 Å². The first kappa shape index (κ1) is 14.3. The van der Waals surface area contributed by atoms with Gasteiger partial charge in [0, 0.05) is 19.2 Å². The molecule has 0 bridgehead atoms. The SMILES string of the molecule is CS(=O)(=O)NCCCNC(=O)c1ccc(=O)[nH]n1. The van der Waals surface area contributed by atoms with Crippen molar-refractivity contribution in [2.24, 2.45) is 0 Å². The molecule has 8 nitrogen and oxygen atoms in total. The number of carbonyl (C=O) groups excluding carboxylic acids is 1. The lowest BCUT2D eigenvalue weighted by Crippen LogP contribution is -2.30. The Labute approximate surface area is 104 Å². The predicted octanol–water partition coefficient (Wildman–Crippen LogP) is -1.56. The topological polar surface area (TPSA) is 121 Å². The molecule has 1 rings (SSSR count). The van der Waals surface area contributed by atoms with E-state index in [1.807, 2.05) is 0 Å². The summed E-state index contributed by atoms with van der Waals surface area (Å²) in [4.78, 5) is 22.2. The summed E-state index contributed by atoms with van der Waals surface area (Å²) in [6, 6.07) is 2.51. The number of nitrogens with zero attached hydrogens (tertiary/aromatic N) is 1. The first-order chi connectivity index (χ1) is 8.38. The molecule has 3 N–H and O–H groups in total. The summed E-state index contributed by atoms with van der Waals surface area (Å²) in [7, 11) is -3.20. The van der Waals surface area contributed by atoms with Crippen LogP contribution in [0.4, 0.5) is 0 Å². The van der Waals surface area contributed by atoms with Gasteiger partial charge in [0.15, 0.2) is 0 Å². The fourth-order valence-corrected chi connectivity index (χ4v) is 1.62. The monoisotopic (exact) mass is 274 g/mol. The Hall–Kier alpha value is -1.74. The Morgan fingerprint density at radius 3 is 2.67 bits per heavy atom. The summed E-state index contributed by atoms with van der Waals surface area (Å²) in [5.74, 6) is -0.425. The van der Waals surface area contributed by atoms with Crippen LogP contribution in [0.2, 0.25) is 0 Å². The molecular weight excluding hydrogens is 260 g/mol. The maximum absolute atomic E-state index is 11.5. The molecule has 9 heteroatoms. The van der Waals surface area contributed by atoms with Crippen molar-refractivity contribution in [1.82, 2.24) is 20.2 Å². The lowest BCUT2D eigenvalue weighted by atomic mass is 10.3. The highest BCUT2D eigenvalue weighted by Gasteiger charge is 2.06. The van der Waals surface area contributed by atoms with E-state index in [0.717, 1.165) is 6.26 Å². The highest BCUT2D eigenvalue weighted by atomic mass is 32.2. The summed E-state index contributed by atoms with van der Waals surface area (Å²) < 4.78 is 23.8. The number of aromatic amines is 1. The normalized spacial score (nSPS) is 11.2. The zero-order valence-corrected chi connectivity index (χ0v) is 10.6. The van der Waals surface area contributed by atoms with Crippen molar-refractivity contribution in [3.05, 3.63) is 28.2 Å². The molecule has 0 radical (unpaired) electrons. The lowest BCUT2D eigenvalue weighted by Gasteiger charge is -2.04. The average Bonchev–Trinajstić information content (AvgIpc) is 2.27. The number of H-pyrrole nitrogens is 1. The summed E-state index contributed by atoms with van der Waals surface area (Å²) in [6.07, 6.45) is 1.53. The Kier molecular flexibility index (Phi) is 4.98. The van der Waals surface area contributed by atoms with Gasteiger partial charge in [-0.3, -0.25) is 9.59 Å². The van der Waals surface area contributed by atoms with Gasteiger partial charge in [-0.05, 0) is 12.5 Å². The zero-order valence-electron chi connectivity index (χ0n) is 9.76. The Balaban J connectivity index is 2.30. The van der Waals surface area contributed by atoms with Crippen molar-refractivity contribution in [3.8, 4) is 0 Å². The summed E-state index contributed by atoms with van der Waals surface area (Å²) in [5, 5.41) is 8.25. The van der Waals surface area contributed by atoms with Crippen LogP contribution >= 0.6 is 0 Å². The summed E-state index contributed by atoms with van der Waals surface area (Å²) in [5.41, 5.74) is -0.283. The van der Waals surface area contributed by atoms with E-state index in [0.29, 0.717) is 13.0 Å². The van der Waals surface area contributed by atoms with Crippen LogP contribution in [0.15, 0.2) is 16.9 Å². The minimum absolute atomic E-state index is 0.102. The van der Waals surface area contributed by atoms with E-state index in [9.17, 15) is 18.0 Å². The molecule has 0 aliphatic rings. The third-order valence-electron chi connectivity index (χ3n) is 1.92. The van der Waals surface area contributed by atoms with Crippen molar-refractivity contribution >= 4 is 15.9 Å². The van der Waals surface area contributed by atoms with Crippen LogP contribution in [0.3, 0.4) is 0 Å². The lowest BCUT2D eigenvalue weighted by molar-refractivity contribution is 0.0947. The number of carbonyl (C=O) groups is 1. The summed E-state index contributed by atoms with van der Waals surface area (Å²) >= 11 is 0. The van der Waals surface area contributed by atoms with Crippen LogP contribution in [0.5, 0.6) is 0 Å². The molecule has 0 saturated carbocycles. The van der Waals surface area contributed by atoms with E-state index in [2.05, 4.69) is 20.2 Å². The number of sulfonamides is 1. The third-order valence-corrected chi connectivity index (χ3v) is 2.64. The molecule has 0 saturated heterocycles. The molecule has 0 aliphatic heterocycles. The van der Waals surface area contributed by atoms with Crippen LogP contribution in [-0.2, 0) is 10.0 Å². The van der Waals surface area contributed by atoms with Gasteiger partial charge in [-0.25, -0.2) is 18.2 Å². The molecule has 0 aromatic carbocycles. The molecule has 1 aromatic heterocycles. The number of nitrogens with one attached hydrogen (secondary N) is 3. The molecule has 100 valence electrons. The number of amides is 1. The zero-order chi connectivity index (χ0) is 13.6. The average molecular weight is 274 g/mol. The number of hydrogen-bond acceptors (Lipinski definition) is 5. The Morgan fingerprint density at radius 1 is 1.39 bits per heavy atom. The highest BCUT2D eigenvalue weighted by molar-refractivity contribution is 7.88. The fraction of sp³-hybridized carbons (Fsp3) is 0.444. The molecule has 1 heterocycles. The van der Waals surface area contributed by atoms with Gasteiger partial charge in [0.2, 0.25) is 10.0 Å². The van der Waals surface area contributed by atoms with Gasteiger partial charge in [-0.2, -0.15) is 5.10 Å². The number of rotatable bonds is 6. The van der Waals surface area contributed by atoms with E-state index in [1.54, 1.807) is 0 Å². The molecule has 0 spiro atoms. The summed E-state index contributed by atoms with van der Waals surface area (Å²) in [6.45, 7) is 0.556. The van der Waals surface area contributed by atoms with Crippen molar-refractivity contribution in [2.75, 3.05) is 19.3 Å². The first-order valence-electron chi connectivity index (χ1n) is 5.17. The molecule has 0 fully saturated rings. The van der Waals surface area contributed by atoms with Gasteiger partial charge in [-0.1, -0.05) is 0 Å². The van der Waals surface area contributed by atoms with Gasteiger partial charge in [0.05, 0.1) is 6.26 Å². The van der Waals surface area contributed by atoms with Crippen molar-refractivity contribution in [1.29, 1.82) is 0 Å². The van der Waals surface area contributed by atoms with Crippen molar-refractivity contribution in [3.63, 3.8) is 0 Å². The van der Waals surface area contributed by atoms with Gasteiger partial charge in [0.25, 0.3) is 11.5 Å². The fourth-order valence-electron chi connectivity index (χ4n) is 1.11. The second-order valence-corrected chi connectivity index (χ2v) is 5.42. The minimum atomic E-state index is -3.20. The van der Waals surface area contributed by atoms with Crippen molar-refractivity contribution in [2.45, 2.75) is 6.42 Å². The molecular formula is C9H14N4O4S. The third kappa shape index (κ3) is 5.55. The predicted molar refractivity (Wildman–Crippen MR) is 64.7 cm³/mol. The molecule has 0 aliphatic carbocycles. The highest BCUT2D eigenvalue weighted by Crippen LogP contribution is 1.88. The maximum atomic E-state index is 11.5. The second kappa shape index (κ2) is 6.26. The number of hydrogen-bond donors (Lipinski definition) is 3. The standard InChI is InChI=1S/C9H14N4O4S/c1-18(16,17)11-6-2-5-10-9(15)7-3-4-8(14)13-12-7/h3-4,11H,2,5-6H2,1H3,(H,10,15)(H,13,14). The van der Waals surface area contributed by atoms with Crippen LogP contribution in [0.25, 0.3) is 0 Å². The van der Waals surface area contributed by atoms with Gasteiger partial charge in [0.1, 0.15) is 5.69 Å². The van der Waals surface area contributed by atoms with E-state index in [4.69, 9.17) is 0 Å². The van der Waals surface area contributed by atoms with E-state index >= 15 is 0 Å². The van der Waals surface area contributed by atoms with E-state index in [-0.39, 0.29) is 17.8 Å². The Bertz CT molecular complexity index is 546. The van der Waals surface area contributed by atoms with E-state index < -0.39 is 15.9 Å². The van der Waals surface area contributed by atoms with Gasteiger partial charge in [-0.15, -0.1) is 0 Å². The van der Waals surface area contributed by atoms with Crippen molar-refractivity contribution < 1.29 is 13.2 Å². The smallest absolute Gasteiger partial charge is 0.271 e. The molecule has 1 aromatic rings. The largest absolute Gasteiger partial charge is 0.351 e.